The molecule has 2 fully saturated rings. The standard InChI is InChI=1S/C27H32N2O2/c1-18-23(15-29-17-27(4)14-19(29)13-26(2,3)16-27)25(30)22-12-21(10-11-24(22)28-18)31-20-8-6-5-7-9-20/h5-12,19H,13-17H2,1-4H3,(H,28,30)/t19-,27+/m0/s1. The molecule has 5 rings (SSSR count). The molecule has 3 aromatic rings. The lowest BCUT2D eigenvalue weighted by molar-refractivity contribution is 0.126. The van der Waals surface area contributed by atoms with Gasteiger partial charge in [0.2, 0.25) is 0 Å². The minimum Gasteiger partial charge on any atom is -0.457 e. The van der Waals surface area contributed by atoms with Crippen LogP contribution < -0.4 is 10.2 Å². The van der Waals surface area contributed by atoms with Gasteiger partial charge in [0.25, 0.3) is 0 Å². The molecule has 1 aliphatic heterocycles. The van der Waals surface area contributed by atoms with E-state index in [2.05, 4.69) is 30.7 Å². The van der Waals surface area contributed by atoms with Gasteiger partial charge in [-0.25, -0.2) is 0 Å². The highest BCUT2D eigenvalue weighted by molar-refractivity contribution is 5.81. The Morgan fingerprint density at radius 2 is 1.84 bits per heavy atom. The van der Waals surface area contributed by atoms with Gasteiger partial charge in [0.1, 0.15) is 11.5 Å². The second-order valence-corrected chi connectivity index (χ2v) is 10.8. The number of aromatic nitrogens is 1. The first-order chi connectivity index (χ1) is 14.7. The monoisotopic (exact) mass is 416 g/mol. The maximum atomic E-state index is 13.5. The van der Waals surface area contributed by atoms with Crippen LogP contribution in [0.3, 0.4) is 0 Å². The molecule has 1 N–H and O–H groups in total. The van der Waals surface area contributed by atoms with Gasteiger partial charge in [-0.15, -0.1) is 0 Å². The van der Waals surface area contributed by atoms with Crippen molar-refractivity contribution in [3.8, 4) is 11.5 Å². The van der Waals surface area contributed by atoms with Gasteiger partial charge in [0.15, 0.2) is 5.43 Å². The first kappa shape index (κ1) is 20.3. The molecule has 1 aliphatic carbocycles. The molecular weight excluding hydrogens is 384 g/mol. The van der Waals surface area contributed by atoms with E-state index in [-0.39, 0.29) is 5.43 Å². The predicted octanol–water partition coefficient (Wildman–Crippen LogP) is 6.03. The molecular formula is C27H32N2O2. The van der Waals surface area contributed by atoms with E-state index in [0.717, 1.165) is 35.6 Å². The Morgan fingerprint density at radius 3 is 2.61 bits per heavy atom. The second kappa shape index (κ2) is 7.23. The molecule has 4 heteroatoms. The topological polar surface area (TPSA) is 45.3 Å². The lowest BCUT2D eigenvalue weighted by Crippen LogP contribution is -2.35. The zero-order chi connectivity index (χ0) is 21.8. The van der Waals surface area contributed by atoms with Crippen molar-refractivity contribution in [3.63, 3.8) is 0 Å². The predicted molar refractivity (Wildman–Crippen MR) is 126 cm³/mol. The molecule has 2 bridgehead atoms. The number of aromatic amines is 1. The molecule has 4 nitrogen and oxygen atoms in total. The summed E-state index contributed by atoms with van der Waals surface area (Å²) < 4.78 is 5.97. The first-order valence-electron chi connectivity index (χ1n) is 11.3. The van der Waals surface area contributed by atoms with Gasteiger partial charge in [0.05, 0.1) is 0 Å². The van der Waals surface area contributed by atoms with E-state index in [4.69, 9.17) is 4.74 Å². The zero-order valence-corrected chi connectivity index (χ0v) is 19.0. The number of fused-ring (bicyclic) bond motifs is 3. The number of H-pyrrole nitrogens is 1. The van der Waals surface area contributed by atoms with E-state index >= 15 is 0 Å². The number of para-hydroxylation sites is 1. The second-order valence-electron chi connectivity index (χ2n) is 10.8. The van der Waals surface area contributed by atoms with Crippen molar-refractivity contribution in [1.82, 2.24) is 9.88 Å². The zero-order valence-electron chi connectivity index (χ0n) is 19.0. The van der Waals surface area contributed by atoms with Crippen molar-refractivity contribution in [3.05, 3.63) is 70.0 Å². The fourth-order valence-corrected chi connectivity index (χ4v) is 6.27. The lowest BCUT2D eigenvalue weighted by Gasteiger charge is -2.40. The summed E-state index contributed by atoms with van der Waals surface area (Å²) in [5.41, 5.74) is 3.58. The molecule has 0 radical (unpaired) electrons. The molecule has 0 spiro atoms. The van der Waals surface area contributed by atoms with Crippen LogP contribution in [0.15, 0.2) is 53.3 Å². The van der Waals surface area contributed by atoms with Crippen LogP contribution in [0.5, 0.6) is 11.5 Å². The number of likely N-dealkylation sites (tertiary alicyclic amines) is 1. The van der Waals surface area contributed by atoms with Crippen LogP contribution in [0.2, 0.25) is 0 Å². The summed E-state index contributed by atoms with van der Waals surface area (Å²) in [5, 5.41) is 0.697. The van der Waals surface area contributed by atoms with Crippen molar-refractivity contribution in [2.75, 3.05) is 6.54 Å². The molecule has 2 aromatic carbocycles. The molecule has 162 valence electrons. The van der Waals surface area contributed by atoms with E-state index in [9.17, 15) is 4.79 Å². The lowest BCUT2D eigenvalue weighted by atomic mass is 9.65. The van der Waals surface area contributed by atoms with E-state index in [1.165, 1.54) is 19.3 Å². The number of pyridine rings is 1. The molecule has 1 saturated carbocycles. The summed E-state index contributed by atoms with van der Waals surface area (Å²) in [7, 11) is 0. The average molecular weight is 417 g/mol. The average Bonchev–Trinajstić information content (AvgIpc) is 2.94. The van der Waals surface area contributed by atoms with Gasteiger partial charge in [0, 0.05) is 41.3 Å². The smallest absolute Gasteiger partial charge is 0.194 e. The summed E-state index contributed by atoms with van der Waals surface area (Å²) in [6.45, 7) is 11.0. The van der Waals surface area contributed by atoms with Gasteiger partial charge in [-0.05, 0) is 67.3 Å². The fourth-order valence-electron chi connectivity index (χ4n) is 6.27. The van der Waals surface area contributed by atoms with Crippen LogP contribution in [-0.2, 0) is 6.54 Å². The molecule has 2 heterocycles. The highest BCUT2D eigenvalue weighted by Gasteiger charge is 2.49. The summed E-state index contributed by atoms with van der Waals surface area (Å²) in [6, 6.07) is 16.0. The van der Waals surface area contributed by atoms with Crippen LogP contribution in [0.1, 0.15) is 51.3 Å². The van der Waals surface area contributed by atoms with Gasteiger partial charge in [-0.2, -0.15) is 0 Å². The number of hydrogen-bond donors (Lipinski definition) is 1. The van der Waals surface area contributed by atoms with Gasteiger partial charge in [-0.3, -0.25) is 9.69 Å². The van der Waals surface area contributed by atoms with E-state index in [0.29, 0.717) is 28.0 Å². The number of aryl methyl sites for hydroxylation is 1. The van der Waals surface area contributed by atoms with Gasteiger partial charge in [-0.1, -0.05) is 39.0 Å². The first-order valence-corrected chi connectivity index (χ1v) is 11.3. The van der Waals surface area contributed by atoms with Gasteiger partial charge >= 0.3 is 0 Å². The van der Waals surface area contributed by atoms with Crippen LogP contribution in [0.25, 0.3) is 10.9 Å². The van der Waals surface area contributed by atoms with Gasteiger partial charge < -0.3 is 9.72 Å². The third-order valence-corrected chi connectivity index (χ3v) is 7.15. The van der Waals surface area contributed by atoms with Crippen molar-refractivity contribution < 1.29 is 4.74 Å². The maximum Gasteiger partial charge on any atom is 0.194 e. The third-order valence-electron chi connectivity index (χ3n) is 7.15. The molecule has 2 atom stereocenters. The summed E-state index contributed by atoms with van der Waals surface area (Å²) in [4.78, 5) is 19.6. The fraction of sp³-hybridized carbons (Fsp3) is 0.444. The minimum atomic E-state index is 0.121. The van der Waals surface area contributed by atoms with E-state index < -0.39 is 0 Å². The van der Waals surface area contributed by atoms with Crippen molar-refractivity contribution in [2.45, 2.75) is 59.5 Å². The van der Waals surface area contributed by atoms with Crippen LogP contribution in [-0.4, -0.2) is 22.5 Å². The Morgan fingerprint density at radius 1 is 1.06 bits per heavy atom. The minimum absolute atomic E-state index is 0.121. The largest absolute Gasteiger partial charge is 0.457 e. The summed E-state index contributed by atoms with van der Waals surface area (Å²) >= 11 is 0. The normalized spacial score (nSPS) is 25.1. The Hall–Kier alpha value is -2.59. The number of nitrogens with one attached hydrogen (secondary N) is 1. The van der Waals surface area contributed by atoms with Crippen molar-refractivity contribution >= 4 is 10.9 Å². The Bertz CT molecular complexity index is 1180. The summed E-state index contributed by atoms with van der Waals surface area (Å²) in [5.74, 6) is 1.45. The Labute approximate surface area is 184 Å². The summed E-state index contributed by atoms with van der Waals surface area (Å²) in [6.07, 6.45) is 3.72. The molecule has 2 aliphatic rings. The number of nitrogens with zero attached hydrogens (tertiary/aromatic N) is 1. The molecule has 0 amide bonds. The molecule has 0 unspecified atom stereocenters. The highest BCUT2D eigenvalue weighted by Crippen LogP contribution is 2.52. The SMILES string of the molecule is Cc1[nH]c2ccc(Oc3ccccc3)cc2c(=O)c1CN1C[C@]2(C)C[C@@H]1CC(C)(C)C2. The molecule has 1 saturated heterocycles. The number of ether oxygens (including phenoxy) is 1. The molecule has 31 heavy (non-hydrogen) atoms. The Balaban J connectivity index is 1.47. The Kier molecular flexibility index (Phi) is 4.74. The highest BCUT2D eigenvalue weighted by atomic mass is 16.5. The van der Waals surface area contributed by atoms with Crippen molar-refractivity contribution in [2.24, 2.45) is 10.8 Å². The number of benzene rings is 2. The van der Waals surface area contributed by atoms with Crippen LogP contribution in [0, 0.1) is 17.8 Å². The number of hydrogen-bond acceptors (Lipinski definition) is 3. The molecule has 1 aromatic heterocycles. The number of rotatable bonds is 4. The van der Waals surface area contributed by atoms with Crippen LogP contribution >= 0.6 is 0 Å². The van der Waals surface area contributed by atoms with E-state index in [1.807, 2.05) is 55.5 Å². The van der Waals surface area contributed by atoms with Crippen molar-refractivity contribution in [1.29, 1.82) is 0 Å². The van der Waals surface area contributed by atoms with E-state index in [1.54, 1.807) is 0 Å². The third kappa shape index (κ3) is 3.89. The van der Waals surface area contributed by atoms with Crippen LogP contribution in [0.4, 0.5) is 0 Å². The maximum absolute atomic E-state index is 13.5. The quantitative estimate of drug-likeness (QED) is 0.565.